The standard InChI is InChI=1S/C92H155NO18/c1-3-5-7-9-11-13-15-17-19-21-23-25-27-29-30-31-32-33-34-35-36-37-38-39-40-41-42-43-44-46-48-50-52-54-56-58-60-62-64-66-68-70-80(98)93-75(76(97)69-67-65-63-61-59-57-55-53-51-49-47-45-28-26-24-22-20-18-16-14-12-10-8-6-4-2)74-106-90-86(104)83(101)88(78(72-95)108-90)111-92-87(105)84(102)89(79(73-96)109-92)110-91-85(103)82(100)81(99)77(71-94)107-91/h5,7,11,13,17,19,23,25,29-30,32-33,35-36,38-39,41-42,44,46,50,52,67,69,75-79,81-92,94-97,99-105H,3-4,6,8-10,12,14-16,18,20-22,24,26-28,31,34,37,40,43,45,47-49,51,53-66,68,70-74H2,1-2H3,(H,93,98)/b7-5-,13-11-,19-17-,25-23-,30-29-,33-32-,36-35-,39-38-,42-41-,46-44-,52-50-,69-67+. The lowest BCUT2D eigenvalue weighted by molar-refractivity contribution is -0.379. The van der Waals surface area contributed by atoms with Crippen LogP contribution in [0.1, 0.15) is 296 Å². The van der Waals surface area contributed by atoms with E-state index in [-0.39, 0.29) is 18.9 Å². The molecule has 111 heavy (non-hydrogen) atoms. The number of hydrogen-bond donors (Lipinski definition) is 12. The fraction of sp³-hybridized carbons (Fsp3) is 0.728. The van der Waals surface area contributed by atoms with Crippen LogP contribution in [0.15, 0.2) is 146 Å². The quantitative estimate of drug-likeness (QED) is 0.0199. The maximum Gasteiger partial charge on any atom is 0.220 e. The number of aliphatic hydroxyl groups excluding tert-OH is 11. The molecular weight excluding hydrogens is 1410 g/mol. The summed E-state index contributed by atoms with van der Waals surface area (Å²) >= 11 is 0. The Kier molecular flexibility index (Phi) is 63.5. The van der Waals surface area contributed by atoms with Crippen molar-refractivity contribution >= 4 is 5.91 Å². The summed E-state index contributed by atoms with van der Waals surface area (Å²) in [6, 6.07) is -0.992. The van der Waals surface area contributed by atoms with E-state index in [1.807, 2.05) is 6.08 Å². The highest BCUT2D eigenvalue weighted by molar-refractivity contribution is 5.76. The molecule has 3 aliphatic rings. The average molecular weight is 1560 g/mol. The van der Waals surface area contributed by atoms with Crippen LogP contribution in [-0.2, 0) is 33.2 Å². The van der Waals surface area contributed by atoms with Gasteiger partial charge in [-0.25, -0.2) is 0 Å². The van der Waals surface area contributed by atoms with Crippen molar-refractivity contribution in [2.24, 2.45) is 0 Å². The molecule has 0 aromatic heterocycles. The number of ether oxygens (including phenoxy) is 6. The maximum atomic E-state index is 13.5. The van der Waals surface area contributed by atoms with E-state index in [9.17, 15) is 61.0 Å². The topological polar surface area (TPSA) is 307 Å². The largest absolute Gasteiger partial charge is 0.394 e. The van der Waals surface area contributed by atoms with Gasteiger partial charge in [0.15, 0.2) is 18.9 Å². The molecule has 636 valence electrons. The van der Waals surface area contributed by atoms with Gasteiger partial charge in [-0.3, -0.25) is 4.79 Å². The predicted molar refractivity (Wildman–Crippen MR) is 447 cm³/mol. The molecule has 17 atom stereocenters. The number of amides is 1. The lowest BCUT2D eigenvalue weighted by Crippen LogP contribution is -2.66. The van der Waals surface area contributed by atoms with Crippen molar-refractivity contribution in [2.45, 2.75) is 401 Å². The lowest BCUT2D eigenvalue weighted by atomic mass is 9.96. The predicted octanol–water partition coefficient (Wildman–Crippen LogP) is 16.2. The number of rotatable bonds is 68. The van der Waals surface area contributed by atoms with E-state index in [4.69, 9.17) is 28.4 Å². The SMILES string of the molecule is CC/C=C\C/C=C\C/C=C\C/C=C\C/C=C\C/C=C\C/C=C\C/C=C\C/C=C\C/C=C\C/C=C\CCCCCCCCCC(=O)NC(COC1OC(CO)C(OC2OC(CO)C(OC3OC(CO)C(O)C(O)C3O)C(O)C2O)C(O)C1O)C(O)/C=C/CCCCCCCCCCCCCCCCCCCCCCCCC. The van der Waals surface area contributed by atoms with Crippen LogP contribution in [0.5, 0.6) is 0 Å². The zero-order valence-corrected chi connectivity index (χ0v) is 68.4. The van der Waals surface area contributed by atoms with Crippen molar-refractivity contribution in [1.82, 2.24) is 5.32 Å². The molecule has 19 heteroatoms. The molecule has 12 N–H and O–H groups in total. The Labute approximate surface area is 670 Å². The van der Waals surface area contributed by atoms with Gasteiger partial charge in [0.05, 0.1) is 38.6 Å². The van der Waals surface area contributed by atoms with Crippen molar-refractivity contribution < 1.29 is 89.4 Å². The van der Waals surface area contributed by atoms with Crippen LogP contribution in [0.4, 0.5) is 0 Å². The fourth-order valence-corrected chi connectivity index (χ4v) is 13.7. The summed E-state index contributed by atoms with van der Waals surface area (Å²) < 4.78 is 34.5. The molecule has 3 saturated heterocycles. The minimum Gasteiger partial charge on any atom is -0.394 e. The second-order valence-corrected chi connectivity index (χ2v) is 30.3. The number of aliphatic hydroxyl groups is 11. The summed E-state index contributed by atoms with van der Waals surface area (Å²) in [4.78, 5) is 13.5. The van der Waals surface area contributed by atoms with E-state index in [2.05, 4.69) is 153 Å². The first-order valence-corrected chi connectivity index (χ1v) is 43.6. The van der Waals surface area contributed by atoms with Gasteiger partial charge in [0.25, 0.3) is 0 Å². The summed E-state index contributed by atoms with van der Waals surface area (Å²) in [5.74, 6) is -0.290. The van der Waals surface area contributed by atoms with Crippen molar-refractivity contribution in [3.05, 3.63) is 146 Å². The molecule has 0 radical (unpaired) electrons. The highest BCUT2D eigenvalue weighted by Crippen LogP contribution is 2.33. The van der Waals surface area contributed by atoms with Crippen LogP contribution in [0.25, 0.3) is 0 Å². The smallest absolute Gasteiger partial charge is 0.220 e. The first-order valence-electron chi connectivity index (χ1n) is 43.6. The third-order valence-corrected chi connectivity index (χ3v) is 20.6. The van der Waals surface area contributed by atoms with Gasteiger partial charge >= 0.3 is 0 Å². The first kappa shape index (κ1) is 101. The van der Waals surface area contributed by atoms with E-state index in [1.165, 1.54) is 128 Å². The Morgan fingerprint density at radius 2 is 0.622 bits per heavy atom. The molecule has 0 saturated carbocycles. The number of carbonyl (C=O) groups excluding carboxylic acids is 1. The first-order chi connectivity index (χ1) is 54.3. The van der Waals surface area contributed by atoms with Crippen LogP contribution in [0.2, 0.25) is 0 Å². The van der Waals surface area contributed by atoms with Crippen molar-refractivity contribution in [3.8, 4) is 0 Å². The Morgan fingerprint density at radius 3 is 0.973 bits per heavy atom. The van der Waals surface area contributed by atoms with Crippen molar-refractivity contribution in [1.29, 1.82) is 0 Å². The summed E-state index contributed by atoms with van der Waals surface area (Å²) in [6.07, 6.45) is 75.4. The van der Waals surface area contributed by atoms with Crippen molar-refractivity contribution in [2.75, 3.05) is 26.4 Å². The number of allylic oxidation sites excluding steroid dienone is 23. The number of carbonyl (C=O) groups is 1. The van der Waals surface area contributed by atoms with Crippen LogP contribution < -0.4 is 5.32 Å². The molecule has 0 bridgehead atoms. The van der Waals surface area contributed by atoms with Gasteiger partial charge in [0, 0.05) is 6.42 Å². The van der Waals surface area contributed by atoms with E-state index in [0.717, 1.165) is 141 Å². The zero-order valence-electron chi connectivity index (χ0n) is 68.4. The van der Waals surface area contributed by atoms with E-state index >= 15 is 0 Å². The lowest BCUT2D eigenvalue weighted by Gasteiger charge is -2.48. The third-order valence-electron chi connectivity index (χ3n) is 20.6. The van der Waals surface area contributed by atoms with E-state index < -0.39 is 124 Å². The van der Waals surface area contributed by atoms with Crippen molar-refractivity contribution in [3.63, 3.8) is 0 Å². The van der Waals surface area contributed by atoms with Gasteiger partial charge in [0.2, 0.25) is 5.91 Å². The molecule has 0 aromatic carbocycles. The minimum atomic E-state index is -1.99. The van der Waals surface area contributed by atoms with E-state index in [0.29, 0.717) is 6.42 Å². The second kappa shape index (κ2) is 69.9. The van der Waals surface area contributed by atoms with Gasteiger partial charge in [-0.15, -0.1) is 0 Å². The Hall–Kier alpha value is -4.33. The molecule has 0 aliphatic carbocycles. The third kappa shape index (κ3) is 48.7. The minimum absolute atomic E-state index is 0.222. The van der Waals surface area contributed by atoms with Gasteiger partial charge in [-0.1, -0.05) is 333 Å². The summed E-state index contributed by atoms with van der Waals surface area (Å²) in [5.41, 5.74) is 0. The monoisotopic (exact) mass is 1560 g/mol. The summed E-state index contributed by atoms with van der Waals surface area (Å²) in [5, 5.41) is 121. The maximum absolute atomic E-state index is 13.5. The van der Waals surface area contributed by atoms with Gasteiger partial charge in [0.1, 0.15) is 73.2 Å². The van der Waals surface area contributed by atoms with E-state index in [1.54, 1.807) is 6.08 Å². The Bertz CT molecular complexity index is 2580. The highest BCUT2D eigenvalue weighted by atomic mass is 16.8. The molecule has 0 spiro atoms. The molecule has 19 nitrogen and oxygen atoms in total. The second-order valence-electron chi connectivity index (χ2n) is 30.3. The average Bonchev–Trinajstić information content (AvgIpc) is 0.780. The molecule has 17 unspecified atom stereocenters. The number of unbranched alkanes of at least 4 members (excludes halogenated alkanes) is 30. The molecule has 3 heterocycles. The zero-order chi connectivity index (χ0) is 80.3. The number of hydrogen-bond acceptors (Lipinski definition) is 18. The summed E-state index contributed by atoms with van der Waals surface area (Å²) in [7, 11) is 0. The van der Waals surface area contributed by atoms with Gasteiger partial charge in [-0.2, -0.15) is 0 Å². The van der Waals surface area contributed by atoms with Crippen LogP contribution in [-0.4, -0.2) is 193 Å². The molecule has 3 aliphatic heterocycles. The summed E-state index contributed by atoms with van der Waals surface area (Å²) in [6.45, 7) is 1.63. The Balaban J connectivity index is 1.35. The van der Waals surface area contributed by atoms with Gasteiger partial charge < -0.3 is 89.9 Å². The van der Waals surface area contributed by atoms with Gasteiger partial charge in [-0.05, 0) is 103 Å². The normalized spacial score (nSPS) is 25.8. The number of nitrogens with one attached hydrogen (secondary N) is 1. The molecule has 3 fully saturated rings. The highest BCUT2D eigenvalue weighted by Gasteiger charge is 2.54. The van der Waals surface area contributed by atoms with Crippen LogP contribution in [0.3, 0.4) is 0 Å². The Morgan fingerprint density at radius 1 is 0.333 bits per heavy atom. The van der Waals surface area contributed by atoms with Crippen LogP contribution >= 0.6 is 0 Å². The molecule has 0 aromatic rings. The molecular formula is C92H155NO18. The molecule has 3 rings (SSSR count). The van der Waals surface area contributed by atoms with Crippen LogP contribution in [0, 0.1) is 0 Å². The molecule has 1 amide bonds. The fourth-order valence-electron chi connectivity index (χ4n) is 13.7.